The van der Waals surface area contributed by atoms with Crippen LogP contribution in [0.3, 0.4) is 0 Å². The van der Waals surface area contributed by atoms with Gasteiger partial charge >= 0.3 is 6.18 Å². The molecule has 0 aliphatic heterocycles. The van der Waals surface area contributed by atoms with Crippen LogP contribution in [0, 0.1) is 6.92 Å². The van der Waals surface area contributed by atoms with Crippen molar-refractivity contribution in [2.45, 2.75) is 13.1 Å². The minimum Gasteiger partial charge on any atom is -0.340 e. The van der Waals surface area contributed by atoms with Crippen LogP contribution >= 0.6 is 0 Å². The van der Waals surface area contributed by atoms with Crippen molar-refractivity contribution in [1.82, 2.24) is 9.97 Å². The van der Waals surface area contributed by atoms with E-state index in [4.69, 9.17) is 0 Å². The molecule has 1 N–H and O–H groups in total. The molecule has 0 atom stereocenters. The molecule has 0 spiro atoms. The molecule has 2 rings (SSSR count). The predicted octanol–water partition coefficient (Wildman–Crippen LogP) is 3.55. The summed E-state index contributed by atoms with van der Waals surface area (Å²) >= 11 is 0. The third kappa shape index (κ3) is 2.77. The fourth-order valence-electron chi connectivity index (χ4n) is 1.46. The quantitative estimate of drug-likeness (QED) is 0.889. The lowest BCUT2D eigenvalue weighted by atomic mass is 10.2. The Kier molecular flexibility index (Phi) is 3.18. The first-order valence-corrected chi connectivity index (χ1v) is 5.19. The van der Waals surface area contributed by atoms with Crippen molar-refractivity contribution in [2.75, 3.05) is 5.32 Å². The number of halogens is 3. The van der Waals surface area contributed by atoms with E-state index in [1.54, 1.807) is 25.1 Å². The molecular weight excluding hydrogens is 243 g/mol. The van der Waals surface area contributed by atoms with Gasteiger partial charge in [-0.05, 0) is 25.1 Å². The highest BCUT2D eigenvalue weighted by Crippen LogP contribution is 2.35. The van der Waals surface area contributed by atoms with Gasteiger partial charge < -0.3 is 5.32 Å². The molecule has 0 saturated carbocycles. The lowest BCUT2D eigenvalue weighted by Gasteiger charge is -2.14. The third-order valence-electron chi connectivity index (χ3n) is 2.27. The maximum absolute atomic E-state index is 12.8. The number of rotatable bonds is 2. The number of anilines is 2. The second-order valence-electron chi connectivity index (χ2n) is 3.71. The van der Waals surface area contributed by atoms with Gasteiger partial charge in [0.2, 0.25) is 0 Å². The molecule has 3 nitrogen and oxygen atoms in total. The van der Waals surface area contributed by atoms with Gasteiger partial charge in [-0.3, -0.25) is 4.98 Å². The smallest absolute Gasteiger partial charge is 0.340 e. The van der Waals surface area contributed by atoms with E-state index in [0.29, 0.717) is 11.5 Å². The second kappa shape index (κ2) is 4.64. The van der Waals surface area contributed by atoms with E-state index in [-0.39, 0.29) is 5.69 Å². The summed E-state index contributed by atoms with van der Waals surface area (Å²) in [5.74, 6) is 0.355. The Hall–Kier alpha value is -2.11. The number of hydrogen-bond donors (Lipinski definition) is 1. The van der Waals surface area contributed by atoms with Crippen LogP contribution in [0.1, 0.15) is 11.3 Å². The Morgan fingerprint density at radius 2 is 1.94 bits per heavy atom. The van der Waals surface area contributed by atoms with Crippen LogP contribution in [0.4, 0.5) is 24.7 Å². The molecule has 2 aromatic heterocycles. The van der Waals surface area contributed by atoms with Crippen LogP contribution in [0.2, 0.25) is 0 Å². The Balaban J connectivity index is 2.40. The highest BCUT2D eigenvalue weighted by atomic mass is 19.4. The van der Waals surface area contributed by atoms with E-state index in [1.807, 2.05) is 0 Å². The van der Waals surface area contributed by atoms with Gasteiger partial charge in [0.15, 0.2) is 0 Å². The molecule has 0 aliphatic carbocycles. The lowest BCUT2D eigenvalue weighted by Crippen LogP contribution is -2.10. The standard InChI is InChI=1S/C12H10F3N3/c1-8-6-10(9(7-17-8)12(13,14)15)18-11-4-2-3-5-16-11/h2-7H,1H3,(H,16,17,18). The second-order valence-corrected chi connectivity index (χ2v) is 3.71. The number of pyridine rings is 2. The molecule has 0 aromatic carbocycles. The molecular formula is C12H10F3N3. The summed E-state index contributed by atoms with van der Waals surface area (Å²) in [6.07, 6.45) is -2.12. The Bertz CT molecular complexity index is 538. The fourth-order valence-corrected chi connectivity index (χ4v) is 1.46. The van der Waals surface area contributed by atoms with E-state index in [1.165, 1.54) is 12.3 Å². The Morgan fingerprint density at radius 1 is 1.17 bits per heavy atom. The summed E-state index contributed by atoms with van der Waals surface area (Å²) in [6.45, 7) is 1.63. The molecule has 0 unspecified atom stereocenters. The maximum atomic E-state index is 12.8. The summed E-state index contributed by atoms with van der Waals surface area (Å²) in [6, 6.07) is 6.32. The van der Waals surface area contributed by atoms with Gasteiger partial charge in [0.05, 0.1) is 11.3 Å². The Labute approximate surface area is 102 Å². The molecule has 0 amide bonds. The van der Waals surface area contributed by atoms with Crippen molar-refractivity contribution in [3.05, 3.63) is 47.9 Å². The molecule has 0 bridgehead atoms. The van der Waals surface area contributed by atoms with Crippen LogP contribution in [0.25, 0.3) is 0 Å². The van der Waals surface area contributed by atoms with Gasteiger partial charge in [0.25, 0.3) is 0 Å². The first kappa shape index (κ1) is 12.3. The van der Waals surface area contributed by atoms with Crippen LogP contribution in [0.15, 0.2) is 36.7 Å². The third-order valence-corrected chi connectivity index (χ3v) is 2.27. The summed E-state index contributed by atoms with van der Waals surface area (Å²) in [5.41, 5.74) is -0.353. The number of alkyl halides is 3. The average Bonchev–Trinajstić information content (AvgIpc) is 2.28. The van der Waals surface area contributed by atoms with Gasteiger partial charge in [0, 0.05) is 18.1 Å². The molecule has 94 valence electrons. The van der Waals surface area contributed by atoms with Crippen LogP contribution < -0.4 is 5.32 Å². The first-order chi connectivity index (χ1) is 8.47. The van der Waals surface area contributed by atoms with E-state index in [2.05, 4.69) is 15.3 Å². The van der Waals surface area contributed by atoms with Crippen LogP contribution in [0.5, 0.6) is 0 Å². The molecule has 18 heavy (non-hydrogen) atoms. The van der Waals surface area contributed by atoms with Gasteiger partial charge in [0.1, 0.15) is 5.82 Å². The monoisotopic (exact) mass is 253 g/mol. The number of nitrogens with one attached hydrogen (secondary N) is 1. The largest absolute Gasteiger partial charge is 0.419 e. The SMILES string of the molecule is Cc1cc(Nc2ccccn2)c(C(F)(F)F)cn1. The predicted molar refractivity (Wildman–Crippen MR) is 61.5 cm³/mol. The van der Waals surface area contributed by atoms with E-state index in [9.17, 15) is 13.2 Å². The fraction of sp³-hybridized carbons (Fsp3) is 0.167. The van der Waals surface area contributed by atoms with Crippen LogP contribution in [-0.2, 0) is 6.18 Å². The minimum atomic E-state index is -4.45. The van der Waals surface area contributed by atoms with Crippen molar-refractivity contribution < 1.29 is 13.2 Å². The first-order valence-electron chi connectivity index (χ1n) is 5.19. The average molecular weight is 253 g/mol. The zero-order chi connectivity index (χ0) is 13.2. The van der Waals surface area contributed by atoms with E-state index >= 15 is 0 Å². The molecule has 0 fully saturated rings. The highest BCUT2D eigenvalue weighted by molar-refractivity contribution is 5.61. The van der Waals surface area contributed by atoms with E-state index in [0.717, 1.165) is 6.20 Å². The van der Waals surface area contributed by atoms with Crippen LogP contribution in [-0.4, -0.2) is 9.97 Å². The number of aryl methyl sites for hydroxylation is 1. The molecule has 2 aromatic rings. The van der Waals surface area contributed by atoms with Crippen molar-refractivity contribution in [2.24, 2.45) is 0 Å². The lowest BCUT2D eigenvalue weighted by molar-refractivity contribution is -0.137. The summed E-state index contributed by atoms with van der Waals surface area (Å²) in [5, 5.41) is 2.65. The highest BCUT2D eigenvalue weighted by Gasteiger charge is 2.34. The number of hydrogen-bond acceptors (Lipinski definition) is 3. The minimum absolute atomic E-state index is 0.0475. The number of nitrogens with zero attached hydrogens (tertiary/aromatic N) is 2. The molecule has 6 heteroatoms. The van der Waals surface area contributed by atoms with Gasteiger partial charge in [-0.1, -0.05) is 6.07 Å². The van der Waals surface area contributed by atoms with E-state index < -0.39 is 11.7 Å². The van der Waals surface area contributed by atoms with Gasteiger partial charge in [-0.2, -0.15) is 13.2 Å². The molecule has 0 radical (unpaired) electrons. The van der Waals surface area contributed by atoms with Crippen molar-refractivity contribution >= 4 is 11.5 Å². The summed E-state index contributed by atoms with van der Waals surface area (Å²) < 4.78 is 38.3. The normalized spacial score (nSPS) is 11.3. The molecule has 2 heterocycles. The zero-order valence-electron chi connectivity index (χ0n) is 9.49. The van der Waals surface area contributed by atoms with Crippen molar-refractivity contribution in [3.8, 4) is 0 Å². The van der Waals surface area contributed by atoms with Gasteiger partial charge in [-0.15, -0.1) is 0 Å². The zero-order valence-corrected chi connectivity index (χ0v) is 9.49. The maximum Gasteiger partial charge on any atom is 0.419 e. The topological polar surface area (TPSA) is 37.8 Å². The summed E-state index contributed by atoms with van der Waals surface area (Å²) in [4.78, 5) is 7.60. The van der Waals surface area contributed by atoms with Gasteiger partial charge in [-0.25, -0.2) is 4.98 Å². The molecule has 0 aliphatic rings. The summed E-state index contributed by atoms with van der Waals surface area (Å²) in [7, 11) is 0. The number of aromatic nitrogens is 2. The molecule has 0 saturated heterocycles. The Morgan fingerprint density at radius 3 is 2.56 bits per heavy atom. The van der Waals surface area contributed by atoms with Crippen molar-refractivity contribution in [3.63, 3.8) is 0 Å². The van der Waals surface area contributed by atoms with Crippen molar-refractivity contribution in [1.29, 1.82) is 0 Å².